The molecule has 0 bridgehead atoms. The van der Waals surface area contributed by atoms with E-state index in [0.717, 1.165) is 12.8 Å². The first-order valence-electron chi connectivity index (χ1n) is 6.58. The molecule has 0 saturated heterocycles. The molecule has 3 rings (SSSR count). The summed E-state index contributed by atoms with van der Waals surface area (Å²) in [5.41, 5.74) is 0.878. The summed E-state index contributed by atoms with van der Waals surface area (Å²) in [5, 5.41) is 9.57. The van der Waals surface area contributed by atoms with Crippen LogP contribution < -0.4 is 10.0 Å². The zero-order valence-electron chi connectivity index (χ0n) is 11.1. The molecule has 3 N–H and O–H groups in total. The second-order valence-electron chi connectivity index (χ2n) is 4.99. The molecule has 0 atom stereocenters. The van der Waals surface area contributed by atoms with E-state index < -0.39 is 15.8 Å². The monoisotopic (exact) mass is 310 g/mol. The molecule has 1 aromatic heterocycles. The van der Waals surface area contributed by atoms with Crippen molar-refractivity contribution in [3.63, 3.8) is 0 Å². The van der Waals surface area contributed by atoms with E-state index in [1.54, 1.807) is 0 Å². The third-order valence-electron chi connectivity index (χ3n) is 3.20. The number of nitrogens with one attached hydrogen (secondary N) is 3. The van der Waals surface area contributed by atoms with Gasteiger partial charge >= 0.3 is 0 Å². The molecule has 1 saturated carbocycles. The van der Waals surface area contributed by atoms with Crippen LogP contribution in [0.25, 0.3) is 0 Å². The van der Waals surface area contributed by atoms with Crippen LogP contribution in [0.2, 0.25) is 0 Å². The molecule has 1 aliphatic rings. The van der Waals surface area contributed by atoms with Crippen molar-refractivity contribution in [1.82, 2.24) is 15.5 Å². The maximum absolute atomic E-state index is 12.8. The Morgan fingerprint density at radius 3 is 2.67 bits per heavy atom. The van der Waals surface area contributed by atoms with Crippen molar-refractivity contribution < 1.29 is 12.8 Å². The van der Waals surface area contributed by atoms with Gasteiger partial charge in [0.2, 0.25) is 0 Å². The Bertz CT molecular complexity index is 723. The molecule has 2 aromatic rings. The summed E-state index contributed by atoms with van der Waals surface area (Å²) < 4.78 is 39.9. The van der Waals surface area contributed by atoms with Crippen LogP contribution in [-0.4, -0.2) is 24.7 Å². The fraction of sp³-hybridized carbons (Fsp3) is 0.308. The second-order valence-corrected chi connectivity index (χ2v) is 6.61. The molecule has 0 radical (unpaired) electrons. The van der Waals surface area contributed by atoms with Crippen LogP contribution in [0.4, 0.5) is 10.1 Å². The zero-order chi connectivity index (χ0) is 14.9. The second kappa shape index (κ2) is 5.45. The summed E-state index contributed by atoms with van der Waals surface area (Å²) in [5.74, 6) is -0.422. The first-order chi connectivity index (χ1) is 10.0. The van der Waals surface area contributed by atoms with E-state index in [-0.39, 0.29) is 5.03 Å². The molecule has 1 fully saturated rings. The van der Waals surface area contributed by atoms with Gasteiger partial charge in [-0.15, -0.1) is 0 Å². The van der Waals surface area contributed by atoms with Crippen LogP contribution in [0, 0.1) is 5.82 Å². The Balaban J connectivity index is 1.77. The number of benzene rings is 1. The van der Waals surface area contributed by atoms with E-state index in [2.05, 4.69) is 20.2 Å². The minimum Gasteiger partial charge on any atom is -0.310 e. The lowest BCUT2D eigenvalue weighted by molar-refractivity contribution is 0.593. The van der Waals surface area contributed by atoms with Gasteiger partial charge in [0.1, 0.15) is 5.82 Å². The van der Waals surface area contributed by atoms with Crippen LogP contribution in [0.15, 0.2) is 35.5 Å². The Morgan fingerprint density at radius 2 is 2.00 bits per heavy atom. The number of aromatic nitrogens is 2. The van der Waals surface area contributed by atoms with Crippen molar-refractivity contribution in [3.8, 4) is 0 Å². The molecule has 0 aliphatic heterocycles. The van der Waals surface area contributed by atoms with E-state index in [0.29, 0.717) is 23.8 Å². The third kappa shape index (κ3) is 3.40. The predicted molar refractivity (Wildman–Crippen MR) is 75.7 cm³/mol. The number of H-pyrrole nitrogens is 1. The first-order valence-corrected chi connectivity index (χ1v) is 8.07. The molecular formula is C13H15FN4O2S. The maximum Gasteiger partial charge on any atom is 0.279 e. The van der Waals surface area contributed by atoms with Gasteiger partial charge in [0, 0.05) is 23.8 Å². The van der Waals surface area contributed by atoms with E-state index in [1.807, 2.05) is 0 Å². The highest BCUT2D eigenvalue weighted by atomic mass is 32.2. The largest absolute Gasteiger partial charge is 0.310 e. The number of sulfonamides is 1. The topological polar surface area (TPSA) is 86.9 Å². The fourth-order valence-corrected chi connectivity index (χ4v) is 3.12. The van der Waals surface area contributed by atoms with Crippen LogP contribution in [0.1, 0.15) is 18.4 Å². The molecule has 8 heteroatoms. The number of nitrogens with zero attached hydrogens (tertiary/aromatic N) is 1. The van der Waals surface area contributed by atoms with Gasteiger partial charge in [-0.2, -0.15) is 13.5 Å². The van der Waals surface area contributed by atoms with E-state index in [1.165, 1.54) is 30.5 Å². The van der Waals surface area contributed by atoms with Crippen molar-refractivity contribution >= 4 is 15.7 Å². The average Bonchev–Trinajstić information content (AvgIpc) is 3.14. The highest BCUT2D eigenvalue weighted by molar-refractivity contribution is 7.92. The Hall–Kier alpha value is -1.93. The van der Waals surface area contributed by atoms with Gasteiger partial charge in [0.05, 0.1) is 6.20 Å². The molecular weight excluding hydrogens is 295 g/mol. The molecule has 1 heterocycles. The lowest BCUT2D eigenvalue weighted by atomic mass is 10.3. The van der Waals surface area contributed by atoms with E-state index in [4.69, 9.17) is 0 Å². The van der Waals surface area contributed by atoms with Crippen LogP contribution in [0.3, 0.4) is 0 Å². The van der Waals surface area contributed by atoms with Crippen molar-refractivity contribution in [2.45, 2.75) is 30.5 Å². The predicted octanol–water partition coefficient (Wildman–Crippen LogP) is 1.60. The fourth-order valence-electron chi connectivity index (χ4n) is 1.92. The number of anilines is 1. The summed E-state index contributed by atoms with van der Waals surface area (Å²) in [7, 11) is -3.77. The van der Waals surface area contributed by atoms with Gasteiger partial charge in [0.25, 0.3) is 10.0 Å². The lowest BCUT2D eigenvalue weighted by Gasteiger charge is -2.08. The van der Waals surface area contributed by atoms with Gasteiger partial charge < -0.3 is 5.32 Å². The Kier molecular flexibility index (Phi) is 3.64. The summed E-state index contributed by atoms with van der Waals surface area (Å²) in [6.07, 6.45) is 3.73. The Labute approximate surface area is 121 Å². The smallest absolute Gasteiger partial charge is 0.279 e. The normalized spacial score (nSPS) is 15.1. The van der Waals surface area contributed by atoms with Crippen LogP contribution >= 0.6 is 0 Å². The lowest BCUT2D eigenvalue weighted by Crippen LogP contribution is -2.19. The molecule has 1 aliphatic carbocycles. The van der Waals surface area contributed by atoms with Crippen molar-refractivity contribution in [2.75, 3.05) is 4.72 Å². The molecule has 112 valence electrons. The van der Waals surface area contributed by atoms with Gasteiger partial charge in [-0.05, 0) is 37.1 Å². The maximum atomic E-state index is 12.8. The zero-order valence-corrected chi connectivity index (χ0v) is 12.0. The minimum atomic E-state index is -3.77. The van der Waals surface area contributed by atoms with E-state index in [9.17, 15) is 12.8 Å². The molecule has 0 spiro atoms. The minimum absolute atomic E-state index is 0.0278. The summed E-state index contributed by atoms with van der Waals surface area (Å²) in [6.45, 7) is 0.445. The van der Waals surface area contributed by atoms with E-state index >= 15 is 0 Å². The molecule has 0 unspecified atom stereocenters. The Morgan fingerprint density at radius 1 is 1.29 bits per heavy atom. The third-order valence-corrected chi connectivity index (χ3v) is 4.60. The van der Waals surface area contributed by atoms with Gasteiger partial charge in [0.15, 0.2) is 5.03 Å². The van der Waals surface area contributed by atoms with Crippen molar-refractivity contribution in [1.29, 1.82) is 0 Å². The number of hydrogen-bond donors (Lipinski definition) is 3. The summed E-state index contributed by atoms with van der Waals surface area (Å²) in [6, 6.07) is 5.60. The first kappa shape index (κ1) is 14.0. The standard InChI is InChI=1S/C13H15FN4O2S/c14-10-1-3-12(4-2-10)18-21(19,20)13-9(8-16-17-13)7-15-11-5-6-11/h1-4,8,11,15,18H,5-7H2,(H,16,17). The van der Waals surface area contributed by atoms with Crippen LogP contribution in [0.5, 0.6) is 0 Å². The number of halogens is 1. The highest BCUT2D eigenvalue weighted by Crippen LogP contribution is 2.21. The quantitative estimate of drug-likeness (QED) is 0.756. The summed E-state index contributed by atoms with van der Waals surface area (Å²) >= 11 is 0. The summed E-state index contributed by atoms with van der Waals surface area (Å²) in [4.78, 5) is 0. The van der Waals surface area contributed by atoms with Crippen molar-refractivity contribution in [2.24, 2.45) is 0 Å². The van der Waals surface area contributed by atoms with Crippen molar-refractivity contribution in [3.05, 3.63) is 41.8 Å². The van der Waals surface area contributed by atoms with Gasteiger partial charge in [-0.25, -0.2) is 4.39 Å². The van der Waals surface area contributed by atoms with Crippen LogP contribution in [-0.2, 0) is 16.6 Å². The van der Waals surface area contributed by atoms with Gasteiger partial charge in [-0.3, -0.25) is 9.82 Å². The number of hydrogen-bond acceptors (Lipinski definition) is 4. The number of rotatable bonds is 6. The van der Waals surface area contributed by atoms with Gasteiger partial charge in [-0.1, -0.05) is 0 Å². The highest BCUT2D eigenvalue weighted by Gasteiger charge is 2.24. The SMILES string of the molecule is O=S(=O)(Nc1ccc(F)cc1)c1[nH]ncc1CNC1CC1. The molecule has 0 amide bonds. The number of aromatic amines is 1. The molecule has 21 heavy (non-hydrogen) atoms. The molecule has 6 nitrogen and oxygen atoms in total. The average molecular weight is 310 g/mol. The molecule has 1 aromatic carbocycles.